The molecule has 0 bridgehead atoms. The zero-order valence-electron chi connectivity index (χ0n) is 21.5. The Hall–Kier alpha value is -2.44. The van der Waals surface area contributed by atoms with Gasteiger partial charge in [-0.1, -0.05) is 48.5 Å². The molecule has 0 fully saturated rings. The summed E-state index contributed by atoms with van der Waals surface area (Å²) in [6.45, 7) is 7.30. The number of alkyl carbamates (subject to hydrolysis) is 1. The number of ether oxygens (including phenoxy) is 2. The molecule has 11 heteroatoms. The van der Waals surface area contributed by atoms with E-state index in [9.17, 15) is 14.1 Å². The van der Waals surface area contributed by atoms with Crippen molar-refractivity contribution < 1.29 is 23.6 Å². The molecule has 2 aromatic carbocycles. The van der Waals surface area contributed by atoms with Crippen molar-refractivity contribution in [3.8, 4) is 11.1 Å². The number of carbonyl (C=O) groups excluding carboxylic acids is 2. The number of carbonyl (C=O) groups is 2. The van der Waals surface area contributed by atoms with Crippen molar-refractivity contribution in [1.82, 2.24) is 15.0 Å². The van der Waals surface area contributed by atoms with Gasteiger partial charge < -0.3 is 19.3 Å². The quantitative estimate of drug-likeness (QED) is 0.241. The molecule has 0 unspecified atom stereocenters. The second-order valence-corrected chi connectivity index (χ2v) is 13.4. The van der Waals surface area contributed by atoms with Gasteiger partial charge in [0.15, 0.2) is 6.04 Å². The molecule has 3 aromatic rings. The van der Waals surface area contributed by atoms with E-state index < -0.39 is 40.3 Å². The molecule has 0 saturated heterocycles. The standard InChI is InChI=1S/C27H30BrN3O5S2/c1-5-35-25(32)23(22(24-29-21(28)15-37-24)31-38(34)27(2,3)4)30-26(33)36-14-20-18-12-8-6-10-16(18)17-11-7-9-13-19(17)20/h6-13,15,20,22-23,31H,5,14H2,1-4H3,(H,30,33)/t22-,23-,38-/m0/s1. The van der Waals surface area contributed by atoms with Crippen molar-refractivity contribution in [3.05, 3.63) is 74.6 Å². The molecule has 2 N–H and O–H groups in total. The number of halogens is 1. The van der Waals surface area contributed by atoms with Crippen LogP contribution in [-0.4, -0.2) is 45.6 Å². The minimum absolute atomic E-state index is 0.0875. The zero-order chi connectivity index (χ0) is 27.4. The van der Waals surface area contributed by atoms with Crippen molar-refractivity contribution in [3.63, 3.8) is 0 Å². The van der Waals surface area contributed by atoms with E-state index in [2.05, 4.69) is 43.1 Å². The highest BCUT2D eigenvalue weighted by atomic mass is 79.9. The van der Waals surface area contributed by atoms with Crippen LogP contribution in [0.15, 0.2) is 58.5 Å². The largest absolute Gasteiger partial charge is 0.598 e. The molecule has 0 saturated carbocycles. The third kappa shape index (κ3) is 6.40. The van der Waals surface area contributed by atoms with Gasteiger partial charge in [0.1, 0.15) is 27.0 Å². The molecular weight excluding hydrogens is 590 g/mol. The molecule has 0 aliphatic heterocycles. The summed E-state index contributed by atoms with van der Waals surface area (Å²) in [6, 6.07) is 13.9. The van der Waals surface area contributed by atoms with Crippen molar-refractivity contribution in [2.75, 3.05) is 13.2 Å². The molecule has 38 heavy (non-hydrogen) atoms. The average molecular weight is 621 g/mol. The number of hydrogen-bond acceptors (Lipinski definition) is 8. The van der Waals surface area contributed by atoms with Gasteiger partial charge in [-0.05, 0) is 65.9 Å². The van der Waals surface area contributed by atoms with Crippen molar-refractivity contribution in [1.29, 1.82) is 0 Å². The number of fused-ring (bicyclic) bond motifs is 3. The van der Waals surface area contributed by atoms with Crippen LogP contribution in [0.5, 0.6) is 0 Å². The summed E-state index contributed by atoms with van der Waals surface area (Å²) < 4.78 is 26.9. The van der Waals surface area contributed by atoms with Gasteiger partial charge in [0.25, 0.3) is 0 Å². The van der Waals surface area contributed by atoms with Gasteiger partial charge in [-0.3, -0.25) is 0 Å². The number of esters is 1. The van der Waals surface area contributed by atoms with Crippen LogP contribution < -0.4 is 10.0 Å². The monoisotopic (exact) mass is 619 g/mol. The van der Waals surface area contributed by atoms with E-state index in [4.69, 9.17) is 9.47 Å². The molecule has 0 spiro atoms. The van der Waals surface area contributed by atoms with Gasteiger partial charge >= 0.3 is 12.1 Å². The van der Waals surface area contributed by atoms with Crippen LogP contribution >= 0.6 is 27.3 Å². The second-order valence-electron chi connectivity index (χ2n) is 9.68. The fourth-order valence-electron chi connectivity index (χ4n) is 4.24. The summed E-state index contributed by atoms with van der Waals surface area (Å²) >= 11 is 3.03. The van der Waals surface area contributed by atoms with E-state index in [1.807, 2.05) is 57.2 Å². The summed E-state index contributed by atoms with van der Waals surface area (Å²) in [7, 11) is 0. The predicted octanol–water partition coefficient (Wildman–Crippen LogP) is 5.47. The van der Waals surface area contributed by atoms with Crippen LogP contribution in [0.2, 0.25) is 0 Å². The Labute approximate surface area is 238 Å². The summed E-state index contributed by atoms with van der Waals surface area (Å²) in [6.07, 6.45) is -0.783. The molecule has 1 aliphatic rings. The topological polar surface area (TPSA) is 113 Å². The van der Waals surface area contributed by atoms with Gasteiger partial charge in [-0.25, -0.2) is 14.6 Å². The lowest BCUT2D eigenvalue weighted by Gasteiger charge is -2.30. The fraction of sp³-hybridized carbons (Fsp3) is 0.370. The smallest absolute Gasteiger partial charge is 0.407 e. The summed E-state index contributed by atoms with van der Waals surface area (Å²) in [4.78, 5) is 30.6. The first-order valence-electron chi connectivity index (χ1n) is 12.2. The van der Waals surface area contributed by atoms with E-state index in [0.717, 1.165) is 22.3 Å². The molecule has 1 aliphatic carbocycles. The Morgan fingerprint density at radius 2 is 1.71 bits per heavy atom. The van der Waals surface area contributed by atoms with E-state index in [1.165, 1.54) is 11.3 Å². The Morgan fingerprint density at radius 1 is 1.11 bits per heavy atom. The average Bonchev–Trinajstić information content (AvgIpc) is 3.45. The number of thiazole rings is 1. The van der Waals surface area contributed by atoms with Crippen molar-refractivity contribution >= 4 is 50.7 Å². The number of amides is 1. The van der Waals surface area contributed by atoms with E-state index in [-0.39, 0.29) is 19.1 Å². The van der Waals surface area contributed by atoms with E-state index in [0.29, 0.717) is 9.61 Å². The number of aromatic nitrogens is 1. The third-order valence-corrected chi connectivity index (χ3v) is 9.26. The Kier molecular flexibility index (Phi) is 9.15. The highest BCUT2D eigenvalue weighted by molar-refractivity contribution is 9.10. The number of benzene rings is 2. The molecule has 1 amide bonds. The SMILES string of the molecule is CCOC(=O)[C@@H](NC(=O)OCC1c2ccccc2-c2ccccc21)[C@H](N[S@@+]([O-])C(C)(C)C)c1nc(Br)cs1. The Bertz CT molecular complexity index is 1250. The number of hydrogen-bond donors (Lipinski definition) is 2. The first-order chi connectivity index (χ1) is 18.1. The third-order valence-electron chi connectivity index (χ3n) is 6.04. The van der Waals surface area contributed by atoms with Crippen molar-refractivity contribution in [2.45, 2.75) is 50.4 Å². The van der Waals surface area contributed by atoms with Gasteiger partial charge in [0.05, 0.1) is 6.61 Å². The molecule has 1 heterocycles. The highest BCUT2D eigenvalue weighted by Crippen LogP contribution is 2.44. The maximum Gasteiger partial charge on any atom is 0.407 e. The predicted molar refractivity (Wildman–Crippen MR) is 152 cm³/mol. The van der Waals surface area contributed by atoms with Crippen LogP contribution in [0.4, 0.5) is 4.79 Å². The minimum atomic E-state index is -1.57. The molecule has 1 aromatic heterocycles. The number of rotatable bonds is 9. The van der Waals surface area contributed by atoms with Crippen LogP contribution in [0.25, 0.3) is 11.1 Å². The molecule has 3 atom stereocenters. The molecular formula is C27H30BrN3O5S2. The molecule has 4 rings (SSSR count). The van der Waals surface area contributed by atoms with Crippen LogP contribution in [0, 0.1) is 0 Å². The lowest BCUT2D eigenvalue weighted by molar-refractivity contribution is -0.146. The summed E-state index contributed by atoms with van der Waals surface area (Å²) in [5.41, 5.74) is 4.39. The lowest BCUT2D eigenvalue weighted by Crippen LogP contribution is -2.53. The maximum atomic E-state index is 13.1. The number of nitrogens with zero attached hydrogens (tertiary/aromatic N) is 1. The van der Waals surface area contributed by atoms with E-state index in [1.54, 1.807) is 12.3 Å². The van der Waals surface area contributed by atoms with Crippen molar-refractivity contribution in [2.24, 2.45) is 0 Å². The first-order valence-corrected chi connectivity index (χ1v) is 15.0. The summed E-state index contributed by atoms with van der Waals surface area (Å²) in [5.74, 6) is -0.817. The van der Waals surface area contributed by atoms with Crippen LogP contribution in [0.1, 0.15) is 55.8 Å². The molecule has 8 nitrogen and oxygen atoms in total. The molecule has 202 valence electrons. The second kappa shape index (κ2) is 12.2. The normalized spacial score (nSPS) is 15.2. The highest BCUT2D eigenvalue weighted by Gasteiger charge is 2.41. The minimum Gasteiger partial charge on any atom is -0.598 e. The van der Waals surface area contributed by atoms with Gasteiger partial charge in [-0.15, -0.1) is 16.1 Å². The Balaban J connectivity index is 1.55. The fourth-order valence-corrected chi connectivity index (χ4v) is 6.50. The van der Waals surface area contributed by atoms with Gasteiger partial charge in [0.2, 0.25) is 0 Å². The summed E-state index contributed by atoms with van der Waals surface area (Å²) in [5, 5.41) is 4.87. The lowest BCUT2D eigenvalue weighted by atomic mass is 9.98. The molecule has 0 radical (unpaired) electrons. The van der Waals surface area contributed by atoms with Gasteiger partial charge in [-0.2, -0.15) is 0 Å². The number of nitrogens with one attached hydrogen (secondary N) is 2. The van der Waals surface area contributed by atoms with E-state index >= 15 is 0 Å². The first kappa shape index (κ1) is 28.6. The van der Waals surface area contributed by atoms with Crippen LogP contribution in [0.3, 0.4) is 0 Å². The Morgan fingerprint density at radius 3 is 2.24 bits per heavy atom. The van der Waals surface area contributed by atoms with Crippen LogP contribution in [-0.2, 0) is 25.6 Å². The van der Waals surface area contributed by atoms with Gasteiger partial charge in [0, 0.05) is 22.7 Å². The maximum absolute atomic E-state index is 13.1. The zero-order valence-corrected chi connectivity index (χ0v) is 24.7.